The quantitative estimate of drug-likeness (QED) is 0.918. The number of thiazole rings is 1. The highest BCUT2D eigenvalue weighted by molar-refractivity contribution is 7.13. The summed E-state index contributed by atoms with van der Waals surface area (Å²) >= 11 is 1.53. The zero-order chi connectivity index (χ0) is 14.5. The number of ether oxygens (including phenoxy) is 1. The molecule has 0 bridgehead atoms. The third-order valence-electron chi connectivity index (χ3n) is 3.35. The molecule has 21 heavy (non-hydrogen) atoms. The van der Waals surface area contributed by atoms with E-state index in [4.69, 9.17) is 4.74 Å². The third-order valence-corrected chi connectivity index (χ3v) is 4.29. The average Bonchev–Trinajstić information content (AvgIpc) is 3.17. The first-order valence-electron chi connectivity index (χ1n) is 7.04. The molecule has 1 fully saturated rings. The molecule has 110 valence electrons. The molecule has 1 aliphatic rings. The lowest BCUT2D eigenvalue weighted by Gasteiger charge is -2.09. The number of rotatable bonds is 5. The topological polar surface area (TPSA) is 64.1 Å². The fourth-order valence-corrected chi connectivity index (χ4v) is 3.08. The largest absolute Gasteiger partial charge is 0.376 e. The van der Waals surface area contributed by atoms with Crippen molar-refractivity contribution in [2.24, 2.45) is 0 Å². The van der Waals surface area contributed by atoms with Crippen LogP contribution in [0.2, 0.25) is 0 Å². The molecule has 1 aliphatic heterocycles. The first-order valence-corrected chi connectivity index (χ1v) is 7.92. The van der Waals surface area contributed by atoms with Gasteiger partial charge in [-0.15, -0.1) is 11.3 Å². The molecular weight excluding hydrogens is 286 g/mol. The zero-order valence-electron chi connectivity index (χ0n) is 11.6. The molecule has 3 heterocycles. The first-order chi connectivity index (χ1) is 10.3. The van der Waals surface area contributed by atoms with E-state index in [1.54, 1.807) is 12.4 Å². The minimum atomic E-state index is -0.00598. The van der Waals surface area contributed by atoms with Crippen LogP contribution in [0.4, 0.5) is 0 Å². The molecule has 1 N–H and O–H groups in total. The van der Waals surface area contributed by atoms with Gasteiger partial charge in [0.15, 0.2) is 0 Å². The molecule has 0 aliphatic carbocycles. The molecule has 3 rings (SSSR count). The fraction of sp³-hybridized carbons (Fsp3) is 0.400. The summed E-state index contributed by atoms with van der Waals surface area (Å²) < 4.78 is 5.48. The Balaban J connectivity index is 1.53. The van der Waals surface area contributed by atoms with E-state index in [1.165, 1.54) is 11.3 Å². The zero-order valence-corrected chi connectivity index (χ0v) is 12.4. The van der Waals surface area contributed by atoms with Crippen LogP contribution in [0.3, 0.4) is 0 Å². The van der Waals surface area contributed by atoms with Crippen molar-refractivity contribution in [2.45, 2.75) is 25.4 Å². The van der Waals surface area contributed by atoms with E-state index in [1.807, 2.05) is 17.5 Å². The van der Waals surface area contributed by atoms with E-state index in [0.717, 1.165) is 35.7 Å². The second-order valence-electron chi connectivity index (χ2n) is 5.00. The molecule has 1 saturated heterocycles. The summed E-state index contributed by atoms with van der Waals surface area (Å²) in [6, 6.07) is 3.85. The number of carbonyl (C=O) groups is 1. The van der Waals surface area contributed by atoms with Gasteiger partial charge < -0.3 is 10.1 Å². The second kappa shape index (κ2) is 6.78. The number of pyridine rings is 1. The molecule has 6 heteroatoms. The first kappa shape index (κ1) is 14.2. The maximum Gasteiger partial charge on any atom is 0.226 e. The summed E-state index contributed by atoms with van der Waals surface area (Å²) in [4.78, 5) is 20.5. The van der Waals surface area contributed by atoms with Crippen LogP contribution in [0.5, 0.6) is 0 Å². The number of hydrogen-bond acceptors (Lipinski definition) is 5. The van der Waals surface area contributed by atoms with Gasteiger partial charge in [-0.3, -0.25) is 9.78 Å². The molecule has 0 unspecified atom stereocenters. The Bertz CT molecular complexity index is 594. The second-order valence-corrected chi connectivity index (χ2v) is 5.86. The van der Waals surface area contributed by atoms with E-state index in [9.17, 15) is 4.79 Å². The van der Waals surface area contributed by atoms with Crippen LogP contribution in [0.25, 0.3) is 10.6 Å². The highest BCUT2D eigenvalue weighted by Crippen LogP contribution is 2.22. The van der Waals surface area contributed by atoms with Crippen molar-refractivity contribution in [3.8, 4) is 10.6 Å². The summed E-state index contributed by atoms with van der Waals surface area (Å²) in [7, 11) is 0. The lowest BCUT2D eigenvalue weighted by molar-refractivity contribution is -0.121. The predicted octanol–water partition coefficient (Wildman–Crippen LogP) is 2.04. The Morgan fingerprint density at radius 3 is 3.24 bits per heavy atom. The number of amides is 1. The number of aromatic nitrogens is 2. The smallest absolute Gasteiger partial charge is 0.226 e. The van der Waals surface area contributed by atoms with Gasteiger partial charge in [0.1, 0.15) is 5.01 Å². The maximum absolute atomic E-state index is 11.9. The van der Waals surface area contributed by atoms with Gasteiger partial charge in [0.2, 0.25) is 5.91 Å². The minimum absolute atomic E-state index is 0.00598. The summed E-state index contributed by atoms with van der Waals surface area (Å²) in [5.74, 6) is -0.00598. The number of nitrogens with zero attached hydrogens (tertiary/aromatic N) is 2. The molecule has 2 aromatic rings. The molecule has 1 amide bonds. The summed E-state index contributed by atoms with van der Waals surface area (Å²) in [5, 5.41) is 5.73. The molecule has 0 aromatic carbocycles. The van der Waals surface area contributed by atoms with Gasteiger partial charge in [-0.25, -0.2) is 4.98 Å². The van der Waals surface area contributed by atoms with Crippen molar-refractivity contribution >= 4 is 17.2 Å². The van der Waals surface area contributed by atoms with Crippen molar-refractivity contribution in [1.82, 2.24) is 15.3 Å². The maximum atomic E-state index is 11.9. The lowest BCUT2D eigenvalue weighted by atomic mass is 10.2. The van der Waals surface area contributed by atoms with E-state index >= 15 is 0 Å². The standard InChI is InChI=1S/C15H17N3O2S/c19-14(17-9-13-4-2-6-20-13)7-12-10-21-15(18-12)11-3-1-5-16-8-11/h1,3,5,8,10,13H,2,4,6-7,9H2,(H,17,19)/t13-/m0/s1. The minimum Gasteiger partial charge on any atom is -0.376 e. The van der Waals surface area contributed by atoms with Gasteiger partial charge in [-0.1, -0.05) is 0 Å². The third kappa shape index (κ3) is 3.86. The van der Waals surface area contributed by atoms with Gasteiger partial charge in [-0.2, -0.15) is 0 Å². The Hall–Kier alpha value is -1.79. The predicted molar refractivity (Wildman–Crippen MR) is 81.0 cm³/mol. The van der Waals surface area contributed by atoms with E-state index in [0.29, 0.717) is 13.0 Å². The Morgan fingerprint density at radius 2 is 2.48 bits per heavy atom. The van der Waals surface area contributed by atoms with E-state index < -0.39 is 0 Å². The molecule has 0 saturated carbocycles. The molecule has 2 aromatic heterocycles. The van der Waals surface area contributed by atoms with Crippen LogP contribution in [-0.2, 0) is 16.0 Å². The Morgan fingerprint density at radius 1 is 1.52 bits per heavy atom. The molecule has 1 atom stereocenters. The van der Waals surface area contributed by atoms with E-state index in [-0.39, 0.29) is 12.0 Å². The summed E-state index contributed by atoms with van der Waals surface area (Å²) in [6.07, 6.45) is 6.11. The fourth-order valence-electron chi connectivity index (χ4n) is 2.27. The summed E-state index contributed by atoms with van der Waals surface area (Å²) in [5.41, 5.74) is 1.78. The Labute approximate surface area is 127 Å². The van der Waals surface area contributed by atoms with Gasteiger partial charge in [-0.05, 0) is 25.0 Å². The molecular formula is C15H17N3O2S. The Kier molecular flexibility index (Phi) is 4.57. The van der Waals surface area contributed by atoms with E-state index in [2.05, 4.69) is 15.3 Å². The number of carbonyl (C=O) groups excluding carboxylic acids is 1. The van der Waals surface area contributed by atoms with Crippen LogP contribution in [-0.4, -0.2) is 35.1 Å². The van der Waals surface area contributed by atoms with Crippen LogP contribution in [0.15, 0.2) is 29.9 Å². The van der Waals surface area contributed by atoms with Crippen molar-refractivity contribution in [3.05, 3.63) is 35.6 Å². The molecule has 0 radical (unpaired) electrons. The van der Waals surface area contributed by atoms with Gasteiger partial charge in [0, 0.05) is 36.5 Å². The van der Waals surface area contributed by atoms with Crippen molar-refractivity contribution in [1.29, 1.82) is 0 Å². The lowest BCUT2D eigenvalue weighted by Crippen LogP contribution is -2.32. The van der Waals surface area contributed by atoms with Crippen LogP contribution < -0.4 is 5.32 Å². The normalized spacial score (nSPS) is 17.8. The SMILES string of the molecule is O=C(Cc1csc(-c2cccnc2)n1)NC[C@@H]1CCCO1. The van der Waals surface area contributed by atoms with Gasteiger partial charge in [0.25, 0.3) is 0 Å². The van der Waals surface area contributed by atoms with Crippen molar-refractivity contribution < 1.29 is 9.53 Å². The van der Waals surface area contributed by atoms with Crippen LogP contribution in [0.1, 0.15) is 18.5 Å². The van der Waals surface area contributed by atoms with Gasteiger partial charge in [0.05, 0.1) is 18.2 Å². The molecule has 5 nitrogen and oxygen atoms in total. The van der Waals surface area contributed by atoms with Crippen molar-refractivity contribution in [2.75, 3.05) is 13.2 Å². The van der Waals surface area contributed by atoms with Crippen LogP contribution in [0, 0.1) is 0 Å². The monoisotopic (exact) mass is 303 g/mol. The molecule has 0 spiro atoms. The highest BCUT2D eigenvalue weighted by atomic mass is 32.1. The van der Waals surface area contributed by atoms with Crippen molar-refractivity contribution in [3.63, 3.8) is 0 Å². The summed E-state index contributed by atoms with van der Waals surface area (Å²) in [6.45, 7) is 1.40. The number of hydrogen-bond donors (Lipinski definition) is 1. The highest BCUT2D eigenvalue weighted by Gasteiger charge is 2.16. The average molecular weight is 303 g/mol. The number of nitrogens with one attached hydrogen (secondary N) is 1. The van der Waals surface area contributed by atoms with Gasteiger partial charge >= 0.3 is 0 Å². The van der Waals surface area contributed by atoms with Crippen LogP contribution >= 0.6 is 11.3 Å².